The lowest BCUT2D eigenvalue weighted by Gasteiger charge is -2.26. The molecule has 1 unspecified atom stereocenters. The number of amides is 1. The molecule has 2 aromatic rings. The Morgan fingerprint density at radius 2 is 2.00 bits per heavy atom. The fourth-order valence-corrected chi connectivity index (χ4v) is 3.64. The zero-order valence-corrected chi connectivity index (χ0v) is 17.8. The van der Waals surface area contributed by atoms with E-state index in [-0.39, 0.29) is 18.6 Å². The summed E-state index contributed by atoms with van der Waals surface area (Å²) in [5.74, 6) is 0.535. The second-order valence-electron chi connectivity index (χ2n) is 6.39. The van der Waals surface area contributed by atoms with E-state index < -0.39 is 0 Å². The van der Waals surface area contributed by atoms with Gasteiger partial charge in [0.15, 0.2) is 6.61 Å². The van der Waals surface area contributed by atoms with E-state index in [1.165, 1.54) is 0 Å². The van der Waals surface area contributed by atoms with E-state index in [9.17, 15) is 4.79 Å². The van der Waals surface area contributed by atoms with Crippen molar-refractivity contribution in [1.29, 1.82) is 0 Å². The summed E-state index contributed by atoms with van der Waals surface area (Å²) in [5.41, 5.74) is 0.844. The lowest BCUT2D eigenvalue weighted by molar-refractivity contribution is -0.135. The van der Waals surface area contributed by atoms with E-state index in [2.05, 4.69) is 15.9 Å². The minimum atomic E-state index is -0.112. The Labute approximate surface area is 177 Å². The van der Waals surface area contributed by atoms with Crippen LogP contribution in [0, 0.1) is 0 Å². The fourth-order valence-electron chi connectivity index (χ4n) is 2.91. The average Bonchev–Trinajstić information content (AvgIpc) is 3.15. The van der Waals surface area contributed by atoms with Crippen LogP contribution in [-0.4, -0.2) is 36.7 Å². The number of hydrogen-bond donors (Lipinski definition) is 0. The standard InChI is InChI=1S/C20H20BrCl2NO3/c21-15-4-7-17(8-5-15)27-13-20(25)24(12-18-2-1-9-26-18)11-14-3-6-16(22)10-19(14)23/h3-8,10,18H,1-2,9,11-13H2. The van der Waals surface area contributed by atoms with Gasteiger partial charge in [-0.2, -0.15) is 0 Å². The number of carbonyl (C=O) groups is 1. The molecule has 0 aromatic heterocycles. The highest BCUT2D eigenvalue weighted by molar-refractivity contribution is 9.10. The van der Waals surface area contributed by atoms with Crippen molar-refractivity contribution in [2.45, 2.75) is 25.5 Å². The van der Waals surface area contributed by atoms with Gasteiger partial charge in [0.1, 0.15) is 5.75 Å². The number of ether oxygens (including phenoxy) is 2. The number of halogens is 3. The van der Waals surface area contributed by atoms with Gasteiger partial charge >= 0.3 is 0 Å². The van der Waals surface area contributed by atoms with Gasteiger partial charge in [-0.15, -0.1) is 0 Å². The smallest absolute Gasteiger partial charge is 0.260 e. The van der Waals surface area contributed by atoms with E-state index in [0.717, 1.165) is 29.5 Å². The Bertz CT molecular complexity index is 779. The molecule has 1 heterocycles. The molecule has 1 aliphatic rings. The van der Waals surface area contributed by atoms with Crippen LogP contribution in [0.5, 0.6) is 5.75 Å². The third kappa shape index (κ3) is 6.11. The molecule has 7 heteroatoms. The molecule has 27 heavy (non-hydrogen) atoms. The van der Waals surface area contributed by atoms with Crippen molar-refractivity contribution in [2.24, 2.45) is 0 Å². The van der Waals surface area contributed by atoms with Gasteiger partial charge in [0, 0.05) is 34.2 Å². The van der Waals surface area contributed by atoms with E-state index >= 15 is 0 Å². The Morgan fingerprint density at radius 3 is 2.67 bits per heavy atom. The van der Waals surface area contributed by atoms with Gasteiger partial charge in [0.05, 0.1) is 6.10 Å². The van der Waals surface area contributed by atoms with Gasteiger partial charge < -0.3 is 14.4 Å². The molecule has 144 valence electrons. The highest BCUT2D eigenvalue weighted by Crippen LogP contribution is 2.24. The summed E-state index contributed by atoms with van der Waals surface area (Å²) in [5, 5.41) is 1.11. The highest BCUT2D eigenvalue weighted by atomic mass is 79.9. The van der Waals surface area contributed by atoms with E-state index in [1.54, 1.807) is 17.0 Å². The summed E-state index contributed by atoms with van der Waals surface area (Å²) in [6.07, 6.45) is 2.02. The van der Waals surface area contributed by atoms with Crippen molar-refractivity contribution >= 4 is 45.0 Å². The Balaban J connectivity index is 1.67. The fraction of sp³-hybridized carbons (Fsp3) is 0.350. The van der Waals surface area contributed by atoms with Gasteiger partial charge in [0.2, 0.25) is 0 Å². The third-order valence-corrected chi connectivity index (χ3v) is 5.47. The van der Waals surface area contributed by atoms with Gasteiger partial charge in [-0.05, 0) is 54.8 Å². The molecule has 4 nitrogen and oxygen atoms in total. The Morgan fingerprint density at radius 1 is 1.22 bits per heavy atom. The summed E-state index contributed by atoms with van der Waals surface area (Å²) in [6.45, 7) is 1.60. The Hall–Kier alpha value is -1.27. The van der Waals surface area contributed by atoms with Crippen LogP contribution < -0.4 is 4.74 Å². The average molecular weight is 473 g/mol. The van der Waals surface area contributed by atoms with Crippen LogP contribution >= 0.6 is 39.1 Å². The summed E-state index contributed by atoms with van der Waals surface area (Å²) in [4.78, 5) is 14.6. The maximum absolute atomic E-state index is 12.8. The summed E-state index contributed by atoms with van der Waals surface area (Å²) >= 11 is 15.6. The molecule has 3 rings (SSSR count). The zero-order chi connectivity index (χ0) is 19.2. The predicted octanol–water partition coefficient (Wildman–Crippen LogP) is 5.34. The van der Waals surface area contributed by atoms with E-state index in [0.29, 0.717) is 28.9 Å². The topological polar surface area (TPSA) is 38.8 Å². The molecule has 0 aliphatic carbocycles. The normalized spacial score (nSPS) is 16.3. The molecule has 0 N–H and O–H groups in total. The summed E-state index contributed by atoms with van der Waals surface area (Å²) in [7, 11) is 0. The number of hydrogen-bond acceptors (Lipinski definition) is 3. The molecule has 0 radical (unpaired) electrons. The van der Waals surface area contributed by atoms with Crippen molar-refractivity contribution < 1.29 is 14.3 Å². The van der Waals surface area contributed by atoms with Gasteiger partial charge in [-0.3, -0.25) is 4.79 Å². The summed E-state index contributed by atoms with van der Waals surface area (Å²) in [6, 6.07) is 12.7. The first-order valence-corrected chi connectivity index (χ1v) is 10.3. The van der Waals surface area contributed by atoms with Gasteiger partial charge in [0.25, 0.3) is 5.91 Å². The minimum Gasteiger partial charge on any atom is -0.484 e. The first-order chi connectivity index (χ1) is 13.0. The lowest BCUT2D eigenvalue weighted by atomic mass is 10.1. The molecular formula is C20H20BrCl2NO3. The van der Waals surface area contributed by atoms with Gasteiger partial charge in [-0.25, -0.2) is 0 Å². The molecule has 0 spiro atoms. The molecule has 0 saturated carbocycles. The van der Waals surface area contributed by atoms with E-state index in [4.69, 9.17) is 32.7 Å². The minimum absolute atomic E-state index is 0.0421. The lowest BCUT2D eigenvalue weighted by Crippen LogP contribution is -2.39. The SMILES string of the molecule is O=C(COc1ccc(Br)cc1)N(Cc1ccc(Cl)cc1Cl)CC1CCCO1. The Kier molecular flexibility index (Phi) is 7.41. The van der Waals surface area contributed by atoms with Crippen molar-refractivity contribution in [1.82, 2.24) is 4.90 Å². The molecule has 0 bridgehead atoms. The van der Waals surface area contributed by atoms with Gasteiger partial charge in [-0.1, -0.05) is 45.2 Å². The molecule has 1 amide bonds. The number of benzene rings is 2. The van der Waals surface area contributed by atoms with Crippen LogP contribution in [0.25, 0.3) is 0 Å². The number of nitrogens with zero attached hydrogens (tertiary/aromatic N) is 1. The zero-order valence-electron chi connectivity index (χ0n) is 14.7. The van der Waals surface area contributed by atoms with Crippen LogP contribution in [0.1, 0.15) is 18.4 Å². The molecule has 1 atom stereocenters. The quantitative estimate of drug-likeness (QED) is 0.545. The van der Waals surface area contributed by atoms with Crippen molar-refractivity contribution in [2.75, 3.05) is 19.8 Å². The van der Waals surface area contributed by atoms with Crippen molar-refractivity contribution in [3.8, 4) is 5.75 Å². The maximum Gasteiger partial charge on any atom is 0.260 e. The first kappa shape index (κ1) is 20.5. The van der Waals surface area contributed by atoms with Crippen LogP contribution in [0.2, 0.25) is 10.0 Å². The van der Waals surface area contributed by atoms with Crippen molar-refractivity contribution in [3.05, 3.63) is 62.5 Å². The summed E-state index contributed by atoms with van der Waals surface area (Å²) < 4.78 is 12.3. The maximum atomic E-state index is 12.8. The largest absolute Gasteiger partial charge is 0.484 e. The van der Waals surface area contributed by atoms with Crippen molar-refractivity contribution in [3.63, 3.8) is 0 Å². The van der Waals surface area contributed by atoms with Crippen LogP contribution in [0.4, 0.5) is 0 Å². The highest BCUT2D eigenvalue weighted by Gasteiger charge is 2.23. The van der Waals surface area contributed by atoms with E-state index in [1.807, 2.05) is 30.3 Å². The second-order valence-corrected chi connectivity index (χ2v) is 8.15. The molecule has 1 fully saturated rings. The predicted molar refractivity (Wildman–Crippen MR) is 110 cm³/mol. The van der Waals surface area contributed by atoms with Crippen LogP contribution in [0.3, 0.4) is 0 Å². The number of rotatable bonds is 7. The van der Waals surface area contributed by atoms with Crippen LogP contribution in [-0.2, 0) is 16.1 Å². The monoisotopic (exact) mass is 471 g/mol. The number of carbonyl (C=O) groups excluding carboxylic acids is 1. The first-order valence-electron chi connectivity index (χ1n) is 8.73. The second kappa shape index (κ2) is 9.78. The third-order valence-electron chi connectivity index (χ3n) is 4.35. The molecule has 2 aromatic carbocycles. The molecule has 1 saturated heterocycles. The molecular weight excluding hydrogens is 453 g/mol. The molecule has 1 aliphatic heterocycles. The van der Waals surface area contributed by atoms with Crippen LogP contribution in [0.15, 0.2) is 46.9 Å².